The molecule has 130 valence electrons. The van der Waals surface area contributed by atoms with Crippen molar-refractivity contribution in [3.05, 3.63) is 24.3 Å². The van der Waals surface area contributed by atoms with Crippen LogP contribution in [0.15, 0.2) is 29.4 Å². The van der Waals surface area contributed by atoms with E-state index in [1.54, 1.807) is 11.8 Å². The Balaban J connectivity index is 1.77. The molecule has 1 aromatic heterocycles. The van der Waals surface area contributed by atoms with Gasteiger partial charge in [0.05, 0.1) is 16.3 Å². The quantitative estimate of drug-likeness (QED) is 0.785. The third kappa shape index (κ3) is 3.46. The monoisotopic (exact) mass is 345 g/mol. The molecule has 0 saturated carbocycles. The van der Waals surface area contributed by atoms with Crippen LogP contribution >= 0.6 is 11.8 Å². The van der Waals surface area contributed by atoms with E-state index in [-0.39, 0.29) is 11.2 Å². The highest BCUT2D eigenvalue weighted by Gasteiger charge is 2.29. The Morgan fingerprint density at radius 3 is 2.62 bits per heavy atom. The first-order valence-corrected chi connectivity index (χ1v) is 9.78. The van der Waals surface area contributed by atoms with Crippen molar-refractivity contribution in [2.24, 2.45) is 11.8 Å². The zero-order valence-corrected chi connectivity index (χ0v) is 15.8. The Bertz CT molecular complexity index is 716. The molecule has 2 aromatic rings. The Hall–Kier alpha value is -1.49. The van der Waals surface area contributed by atoms with Crippen LogP contribution in [0.1, 0.15) is 34.1 Å². The number of imidazole rings is 1. The third-order valence-corrected chi connectivity index (χ3v) is 5.82. The van der Waals surface area contributed by atoms with E-state index >= 15 is 0 Å². The lowest BCUT2D eigenvalue weighted by Crippen LogP contribution is -2.45. The lowest BCUT2D eigenvalue weighted by molar-refractivity contribution is -0.132. The summed E-state index contributed by atoms with van der Waals surface area (Å²) in [4.78, 5) is 19.7. The van der Waals surface area contributed by atoms with E-state index in [0.29, 0.717) is 11.8 Å². The standard InChI is InChI=1S/C19H27N3OS/c1-5-22-17-9-7-6-8-16(17)20-19(22)24-15(4)18(23)21-11-13(2)10-14(3)12-21/h6-9,13-15H,5,10-12H2,1-4H3. The molecule has 0 N–H and O–H groups in total. The van der Waals surface area contributed by atoms with Gasteiger partial charge in [-0.1, -0.05) is 37.7 Å². The fraction of sp³-hybridized carbons (Fsp3) is 0.579. The number of amides is 1. The average Bonchev–Trinajstić information content (AvgIpc) is 2.90. The number of carbonyl (C=O) groups excluding carboxylic acids is 1. The van der Waals surface area contributed by atoms with Crippen molar-refractivity contribution in [1.82, 2.24) is 14.5 Å². The lowest BCUT2D eigenvalue weighted by atomic mass is 9.92. The molecule has 1 aromatic carbocycles. The molecule has 0 aliphatic carbocycles. The molecule has 1 aliphatic heterocycles. The number of likely N-dealkylation sites (tertiary alicyclic amines) is 1. The Labute approximate surface area is 148 Å². The number of fused-ring (bicyclic) bond motifs is 1. The van der Waals surface area contributed by atoms with Crippen LogP contribution in [0.3, 0.4) is 0 Å². The second-order valence-electron chi connectivity index (χ2n) is 7.08. The molecular formula is C19H27N3OS. The topological polar surface area (TPSA) is 38.1 Å². The third-order valence-electron chi connectivity index (χ3n) is 4.75. The number of rotatable bonds is 4. The molecule has 0 radical (unpaired) electrons. The molecule has 2 heterocycles. The number of hydrogen-bond donors (Lipinski definition) is 0. The van der Waals surface area contributed by atoms with Crippen LogP contribution in [0.4, 0.5) is 0 Å². The van der Waals surface area contributed by atoms with Crippen molar-refractivity contribution in [2.75, 3.05) is 13.1 Å². The first-order chi connectivity index (χ1) is 11.5. The van der Waals surface area contributed by atoms with Crippen molar-refractivity contribution in [3.63, 3.8) is 0 Å². The van der Waals surface area contributed by atoms with E-state index in [1.807, 2.05) is 25.1 Å². The van der Waals surface area contributed by atoms with Crippen LogP contribution in [-0.2, 0) is 11.3 Å². The van der Waals surface area contributed by atoms with E-state index in [9.17, 15) is 4.79 Å². The zero-order chi connectivity index (χ0) is 17.3. The molecule has 1 aliphatic rings. The fourth-order valence-electron chi connectivity index (χ4n) is 3.76. The Kier molecular flexibility index (Phi) is 5.18. The molecule has 24 heavy (non-hydrogen) atoms. The van der Waals surface area contributed by atoms with Gasteiger partial charge in [0.15, 0.2) is 5.16 Å². The van der Waals surface area contributed by atoms with Gasteiger partial charge in [0, 0.05) is 19.6 Å². The maximum absolute atomic E-state index is 12.9. The number of aryl methyl sites for hydroxylation is 1. The van der Waals surface area contributed by atoms with Gasteiger partial charge in [-0.05, 0) is 44.2 Å². The van der Waals surface area contributed by atoms with Gasteiger partial charge in [0.2, 0.25) is 5.91 Å². The molecule has 1 fully saturated rings. The molecule has 1 saturated heterocycles. The number of hydrogen-bond acceptors (Lipinski definition) is 3. The van der Waals surface area contributed by atoms with Crippen LogP contribution in [-0.4, -0.2) is 38.7 Å². The average molecular weight is 346 g/mol. The van der Waals surface area contributed by atoms with E-state index < -0.39 is 0 Å². The second-order valence-corrected chi connectivity index (χ2v) is 8.38. The second kappa shape index (κ2) is 7.18. The number of thioether (sulfide) groups is 1. The van der Waals surface area contributed by atoms with Crippen LogP contribution in [0.2, 0.25) is 0 Å². The maximum atomic E-state index is 12.9. The van der Waals surface area contributed by atoms with Crippen molar-refractivity contribution in [1.29, 1.82) is 0 Å². The van der Waals surface area contributed by atoms with E-state index in [0.717, 1.165) is 35.8 Å². The predicted molar refractivity (Wildman–Crippen MR) is 100 cm³/mol. The van der Waals surface area contributed by atoms with Gasteiger partial charge in [-0.2, -0.15) is 0 Å². The normalized spacial score (nSPS) is 22.8. The minimum atomic E-state index is -0.107. The molecule has 3 atom stereocenters. The van der Waals surface area contributed by atoms with Gasteiger partial charge in [-0.15, -0.1) is 0 Å². The molecule has 0 spiro atoms. The number of benzene rings is 1. The minimum absolute atomic E-state index is 0.107. The van der Waals surface area contributed by atoms with Gasteiger partial charge in [0.25, 0.3) is 0 Å². The molecule has 3 unspecified atom stereocenters. The molecule has 5 heteroatoms. The van der Waals surface area contributed by atoms with Gasteiger partial charge < -0.3 is 9.47 Å². The van der Waals surface area contributed by atoms with Gasteiger partial charge >= 0.3 is 0 Å². The van der Waals surface area contributed by atoms with E-state index in [4.69, 9.17) is 4.98 Å². The summed E-state index contributed by atoms with van der Waals surface area (Å²) in [5, 5.41) is 0.835. The van der Waals surface area contributed by atoms with Crippen LogP contribution < -0.4 is 0 Å². The number of para-hydroxylation sites is 2. The number of piperidine rings is 1. The van der Waals surface area contributed by atoms with Crippen molar-refractivity contribution < 1.29 is 4.79 Å². The van der Waals surface area contributed by atoms with Crippen molar-refractivity contribution in [2.45, 2.75) is 51.1 Å². The number of aromatic nitrogens is 2. The first kappa shape index (κ1) is 17.3. The summed E-state index contributed by atoms with van der Waals surface area (Å²) in [5.41, 5.74) is 2.14. The largest absolute Gasteiger partial charge is 0.341 e. The smallest absolute Gasteiger partial charge is 0.235 e. The fourth-order valence-corrected chi connectivity index (χ4v) is 4.83. The minimum Gasteiger partial charge on any atom is -0.341 e. The summed E-state index contributed by atoms with van der Waals surface area (Å²) < 4.78 is 2.20. The SMILES string of the molecule is CCn1c(SC(C)C(=O)N2CC(C)CC(C)C2)nc2ccccc21. The van der Waals surface area contributed by atoms with Gasteiger partial charge in [-0.25, -0.2) is 4.98 Å². The maximum Gasteiger partial charge on any atom is 0.235 e. The highest BCUT2D eigenvalue weighted by atomic mass is 32.2. The molecule has 3 rings (SSSR count). The number of nitrogens with zero attached hydrogens (tertiary/aromatic N) is 3. The molecular weight excluding hydrogens is 318 g/mol. The van der Waals surface area contributed by atoms with E-state index in [2.05, 4.69) is 36.3 Å². The molecule has 4 nitrogen and oxygen atoms in total. The van der Waals surface area contributed by atoms with Crippen LogP contribution in [0.5, 0.6) is 0 Å². The van der Waals surface area contributed by atoms with Crippen LogP contribution in [0.25, 0.3) is 11.0 Å². The Morgan fingerprint density at radius 1 is 1.29 bits per heavy atom. The Morgan fingerprint density at radius 2 is 1.96 bits per heavy atom. The summed E-state index contributed by atoms with van der Waals surface area (Å²) >= 11 is 1.59. The van der Waals surface area contributed by atoms with Gasteiger partial charge in [-0.3, -0.25) is 4.79 Å². The summed E-state index contributed by atoms with van der Waals surface area (Å²) in [6, 6.07) is 8.17. The van der Waals surface area contributed by atoms with Crippen molar-refractivity contribution in [3.8, 4) is 0 Å². The summed E-state index contributed by atoms with van der Waals surface area (Å²) in [5.74, 6) is 1.43. The molecule has 0 bridgehead atoms. The van der Waals surface area contributed by atoms with Crippen LogP contribution in [0, 0.1) is 11.8 Å². The molecule has 1 amide bonds. The van der Waals surface area contributed by atoms with Gasteiger partial charge in [0.1, 0.15) is 0 Å². The summed E-state index contributed by atoms with van der Waals surface area (Å²) in [6.45, 7) is 11.3. The van der Waals surface area contributed by atoms with E-state index in [1.165, 1.54) is 6.42 Å². The first-order valence-electron chi connectivity index (χ1n) is 8.90. The highest BCUT2D eigenvalue weighted by molar-refractivity contribution is 8.00. The summed E-state index contributed by atoms with van der Waals surface area (Å²) in [6.07, 6.45) is 1.22. The zero-order valence-electron chi connectivity index (χ0n) is 15.0. The predicted octanol–water partition coefficient (Wildman–Crippen LogP) is 4.04. The van der Waals surface area contributed by atoms with Crippen molar-refractivity contribution >= 4 is 28.7 Å². The lowest BCUT2D eigenvalue weighted by Gasteiger charge is -2.36. The number of carbonyl (C=O) groups is 1. The highest BCUT2D eigenvalue weighted by Crippen LogP contribution is 2.29. The summed E-state index contributed by atoms with van der Waals surface area (Å²) in [7, 11) is 0.